The number of aryl methyl sites for hydroxylation is 1. The van der Waals surface area contributed by atoms with Crippen molar-refractivity contribution in [1.29, 1.82) is 0 Å². The Balaban J connectivity index is 1.47. The zero-order valence-electron chi connectivity index (χ0n) is 19.6. The maximum atomic E-state index is 13.2. The van der Waals surface area contributed by atoms with E-state index in [0.29, 0.717) is 10.7 Å². The van der Waals surface area contributed by atoms with Crippen molar-refractivity contribution in [3.63, 3.8) is 0 Å². The number of hydrogen-bond acceptors (Lipinski definition) is 14. The number of carboxylic acids is 1. The van der Waals surface area contributed by atoms with Crippen molar-refractivity contribution in [2.75, 3.05) is 24.4 Å². The Labute approximate surface area is 218 Å². The summed E-state index contributed by atoms with van der Waals surface area (Å²) in [4.78, 5) is 39.1. The molecular formula is C18H21N7O9S3. The molecule has 0 aromatic carbocycles. The first-order chi connectivity index (χ1) is 17.5. The summed E-state index contributed by atoms with van der Waals surface area (Å²) >= 11 is 2.45. The van der Waals surface area contributed by atoms with E-state index in [1.807, 2.05) is 0 Å². The maximum absolute atomic E-state index is 13.2. The molecule has 1 fully saturated rings. The first-order valence-corrected chi connectivity index (χ1v) is 14.1. The van der Waals surface area contributed by atoms with Crippen molar-refractivity contribution in [3.8, 4) is 5.88 Å². The van der Waals surface area contributed by atoms with E-state index in [0.717, 1.165) is 11.0 Å². The number of methoxy groups -OCH3 is 1. The molecule has 200 valence electrons. The summed E-state index contributed by atoms with van der Waals surface area (Å²) in [5.74, 6) is -2.90. The number of aliphatic carboxylic acids is 1. The fraction of sp³-hybridized carbons (Fsp3) is 0.500. The minimum atomic E-state index is -3.83. The molecule has 37 heavy (non-hydrogen) atoms. The van der Waals surface area contributed by atoms with E-state index in [4.69, 9.17) is 13.4 Å². The standard InChI is InChI=1S/C18H21N7O9S3/c1-4-37(30,31)34-12-6-10(33-21-12)5-11(26)19-18(32-3)15(29)25-13(14(27)28)9(7-35-16(18)25)8-36-17-20-22-23-24(17)2/h6,16H,4-5,7-8H2,1-3H3,(H,19,26)(H,27,28)/t16-,18+/m1/s1. The highest BCUT2D eigenvalue weighted by Crippen LogP contribution is 2.47. The number of ether oxygens (including phenoxy) is 1. The predicted octanol–water partition coefficient (Wildman–Crippen LogP) is -1.03. The third kappa shape index (κ3) is 5.15. The number of thioether (sulfide) groups is 2. The minimum absolute atomic E-state index is 0.0197. The molecule has 0 saturated carbocycles. The van der Waals surface area contributed by atoms with Gasteiger partial charge < -0.3 is 23.9 Å². The Morgan fingerprint density at radius 2 is 2.19 bits per heavy atom. The molecule has 2 aliphatic heterocycles. The van der Waals surface area contributed by atoms with Crippen LogP contribution in [-0.2, 0) is 42.7 Å². The number of carbonyl (C=O) groups excluding carboxylic acids is 2. The number of rotatable bonds is 11. The molecule has 0 bridgehead atoms. The summed E-state index contributed by atoms with van der Waals surface area (Å²) in [5.41, 5.74) is -1.51. The van der Waals surface area contributed by atoms with E-state index in [9.17, 15) is 27.9 Å². The number of nitrogens with zero attached hydrogens (tertiary/aromatic N) is 6. The van der Waals surface area contributed by atoms with Gasteiger partial charge in [-0.2, -0.15) is 8.42 Å². The summed E-state index contributed by atoms with van der Waals surface area (Å²) in [6.45, 7) is 1.39. The van der Waals surface area contributed by atoms with Gasteiger partial charge in [-0.25, -0.2) is 9.48 Å². The van der Waals surface area contributed by atoms with Gasteiger partial charge in [-0.3, -0.25) is 14.5 Å². The maximum Gasteiger partial charge on any atom is 0.352 e. The van der Waals surface area contributed by atoms with Gasteiger partial charge in [0.15, 0.2) is 0 Å². The molecule has 2 amide bonds. The molecule has 2 N–H and O–H groups in total. The molecule has 2 aliphatic rings. The highest BCUT2D eigenvalue weighted by atomic mass is 32.2. The van der Waals surface area contributed by atoms with Gasteiger partial charge in [-0.1, -0.05) is 11.8 Å². The van der Waals surface area contributed by atoms with Gasteiger partial charge in [-0.05, 0) is 28.1 Å². The monoisotopic (exact) mass is 575 g/mol. The average molecular weight is 576 g/mol. The molecule has 0 spiro atoms. The van der Waals surface area contributed by atoms with Gasteiger partial charge in [0.1, 0.15) is 16.8 Å². The Kier molecular flexibility index (Phi) is 7.49. The van der Waals surface area contributed by atoms with Crippen LogP contribution in [0, 0.1) is 0 Å². The first-order valence-electron chi connectivity index (χ1n) is 10.5. The summed E-state index contributed by atoms with van der Waals surface area (Å²) in [5, 5.41) is 26.6. The second-order valence-corrected chi connectivity index (χ2v) is 11.6. The second-order valence-electron chi connectivity index (χ2n) is 7.70. The van der Waals surface area contributed by atoms with Crippen LogP contribution in [0.25, 0.3) is 0 Å². The van der Waals surface area contributed by atoms with E-state index in [2.05, 4.69) is 26.0 Å². The number of fused-ring (bicyclic) bond motifs is 1. The van der Waals surface area contributed by atoms with E-state index in [-0.39, 0.29) is 34.6 Å². The Morgan fingerprint density at radius 1 is 1.43 bits per heavy atom. The topological polar surface area (TPSA) is 209 Å². The number of nitrogens with one attached hydrogen (secondary N) is 1. The van der Waals surface area contributed by atoms with Gasteiger partial charge in [-0.15, -0.1) is 16.9 Å². The van der Waals surface area contributed by atoms with Gasteiger partial charge in [0, 0.05) is 31.7 Å². The molecule has 4 rings (SSSR count). The number of tetrazole rings is 1. The number of amides is 2. The van der Waals surface area contributed by atoms with Crippen molar-refractivity contribution in [1.82, 2.24) is 35.6 Å². The molecule has 2 aromatic heterocycles. The summed E-state index contributed by atoms with van der Waals surface area (Å²) in [6, 6.07) is 1.14. The third-order valence-corrected chi connectivity index (χ3v) is 8.96. The Hall–Kier alpha value is -3.16. The van der Waals surface area contributed by atoms with Crippen LogP contribution < -0.4 is 9.50 Å². The van der Waals surface area contributed by atoms with Gasteiger partial charge in [0.25, 0.3) is 17.5 Å². The second kappa shape index (κ2) is 10.3. The van der Waals surface area contributed by atoms with Crippen molar-refractivity contribution in [3.05, 3.63) is 23.1 Å². The smallest absolute Gasteiger partial charge is 0.352 e. The van der Waals surface area contributed by atoms with Gasteiger partial charge >= 0.3 is 16.1 Å². The summed E-state index contributed by atoms with van der Waals surface area (Å²) in [6.07, 6.45) is -0.409. The fourth-order valence-corrected chi connectivity index (χ4v) is 6.45. The lowest BCUT2D eigenvalue weighted by Gasteiger charge is -2.55. The predicted molar refractivity (Wildman–Crippen MR) is 125 cm³/mol. The molecule has 2 atom stereocenters. The molecule has 0 aliphatic carbocycles. The quantitative estimate of drug-likeness (QED) is 0.142. The normalized spacial score (nSPS) is 21.4. The summed E-state index contributed by atoms with van der Waals surface area (Å²) in [7, 11) is -0.960. The zero-order valence-corrected chi connectivity index (χ0v) is 22.1. The van der Waals surface area contributed by atoms with Crippen LogP contribution in [0.2, 0.25) is 0 Å². The van der Waals surface area contributed by atoms with Crippen LogP contribution in [-0.4, -0.2) is 97.0 Å². The number of carbonyl (C=O) groups is 3. The molecule has 16 nitrogen and oxygen atoms in total. The molecule has 0 radical (unpaired) electrons. The molecular weight excluding hydrogens is 554 g/mol. The van der Waals surface area contributed by atoms with E-state index in [1.54, 1.807) is 7.05 Å². The lowest BCUT2D eigenvalue weighted by Crippen LogP contribution is -2.80. The SMILES string of the molecule is CCS(=O)(=O)Oc1cc(CC(=O)N[C@]2(OC)C(=O)N3C(C(=O)O)=C(CSc4nnnn4C)CS[C@@H]32)on1. The molecule has 19 heteroatoms. The highest BCUT2D eigenvalue weighted by Gasteiger charge is 2.66. The van der Waals surface area contributed by atoms with Gasteiger partial charge in [0.2, 0.25) is 11.1 Å². The molecule has 0 unspecified atom stereocenters. The lowest BCUT2D eigenvalue weighted by atomic mass is 9.98. The largest absolute Gasteiger partial charge is 0.477 e. The Morgan fingerprint density at radius 3 is 2.81 bits per heavy atom. The number of aromatic nitrogens is 5. The van der Waals surface area contributed by atoms with Crippen molar-refractivity contribution >= 4 is 51.4 Å². The number of carboxylic acid groups (broad SMARTS) is 1. The molecule has 1 saturated heterocycles. The summed E-state index contributed by atoms with van der Waals surface area (Å²) < 4.78 is 39.6. The van der Waals surface area contributed by atoms with Crippen molar-refractivity contribution in [2.45, 2.75) is 29.6 Å². The van der Waals surface area contributed by atoms with E-state index < -0.39 is 45.4 Å². The van der Waals surface area contributed by atoms with Crippen molar-refractivity contribution in [2.24, 2.45) is 7.05 Å². The fourth-order valence-electron chi connectivity index (χ4n) is 3.56. The minimum Gasteiger partial charge on any atom is -0.477 e. The lowest BCUT2D eigenvalue weighted by molar-refractivity contribution is -0.192. The van der Waals surface area contributed by atoms with Gasteiger partial charge in [0.05, 0.1) is 12.2 Å². The zero-order chi connectivity index (χ0) is 27.0. The number of hydrogen-bond donors (Lipinski definition) is 2. The number of β-lactam (4-membered cyclic amide) rings is 1. The van der Waals surface area contributed by atoms with Crippen LogP contribution in [0.4, 0.5) is 0 Å². The average Bonchev–Trinajstić information content (AvgIpc) is 3.47. The van der Waals surface area contributed by atoms with E-state index >= 15 is 0 Å². The molecule has 2 aromatic rings. The van der Waals surface area contributed by atoms with Crippen LogP contribution in [0.1, 0.15) is 12.7 Å². The Bertz CT molecular complexity index is 1370. The van der Waals surface area contributed by atoms with Crippen LogP contribution in [0.15, 0.2) is 27.0 Å². The van der Waals surface area contributed by atoms with Crippen molar-refractivity contribution < 1.29 is 41.4 Å². The third-order valence-electron chi connectivity index (χ3n) is 5.35. The van der Waals surface area contributed by atoms with Crippen LogP contribution in [0.3, 0.4) is 0 Å². The highest BCUT2D eigenvalue weighted by molar-refractivity contribution is 8.01. The van der Waals surface area contributed by atoms with Crippen LogP contribution in [0.5, 0.6) is 5.88 Å². The molecule has 4 heterocycles. The van der Waals surface area contributed by atoms with Crippen LogP contribution >= 0.6 is 23.5 Å². The first kappa shape index (κ1) is 26.9. The van der Waals surface area contributed by atoms with E-state index in [1.165, 1.54) is 42.2 Å².